The molecule has 9 aliphatic heterocycles. The molecule has 13 rings (SSSR count). The van der Waals surface area contributed by atoms with Crippen molar-refractivity contribution in [3.63, 3.8) is 0 Å². The number of alkyl carbamates (subject to hydrolysis) is 1. The SMILES string of the molecule is CC(C)(C)OC(=O)NCC(=N)SCc1ccccc1.Cc1ccc(N2C[C@H]3CN(C(=O)CN)CC2C(C)(C)C3)cc1.Cc1ccc(N2C[C@H]3CN(C(=O)CN=C(N)CN)CC2C(C)(C)C3)cc1.Cc1ccc(N2C[C@H]3CNCC2C(C)(C)C3)cc1.Cl. The number of fused-ring (bicyclic) bond motifs is 12. The van der Waals surface area contributed by atoms with Crippen LogP contribution in [0.4, 0.5) is 21.9 Å². The third kappa shape index (κ3) is 19.3. The first-order chi connectivity index (χ1) is 40.1. The molecule has 3 amide bonds. The zero-order valence-corrected chi connectivity index (χ0v) is 55.3. The number of nitrogens with zero attached hydrogens (tertiary/aromatic N) is 6. The quantitative estimate of drug-likeness (QED) is 0.0611. The van der Waals surface area contributed by atoms with Gasteiger partial charge in [-0.15, -0.1) is 24.2 Å². The summed E-state index contributed by atoms with van der Waals surface area (Å²) in [7, 11) is 0. The number of nitrogens with one attached hydrogen (secondary N) is 3. The highest BCUT2D eigenvalue weighted by Crippen LogP contribution is 2.45. The zero-order chi connectivity index (χ0) is 61.9. The summed E-state index contributed by atoms with van der Waals surface area (Å²) in [4.78, 5) is 51.9. The van der Waals surface area contributed by atoms with Gasteiger partial charge in [-0.25, -0.2) is 4.79 Å². The molecular weight excluding hydrogens is 1120 g/mol. The van der Waals surface area contributed by atoms with E-state index < -0.39 is 11.7 Å². The fourth-order valence-electron chi connectivity index (χ4n) is 13.6. The Morgan fingerprint density at radius 1 is 0.616 bits per heavy atom. The molecule has 4 aromatic carbocycles. The first kappa shape index (κ1) is 69.3. The Morgan fingerprint density at radius 2 is 1.05 bits per heavy atom. The number of piperidine rings is 3. The van der Waals surface area contributed by atoms with E-state index in [0.29, 0.717) is 46.3 Å². The van der Waals surface area contributed by atoms with E-state index >= 15 is 0 Å². The molecule has 0 radical (unpaired) electrons. The Balaban J connectivity index is 0.000000185. The van der Waals surface area contributed by atoms with Gasteiger partial charge in [0.2, 0.25) is 11.8 Å². The summed E-state index contributed by atoms with van der Waals surface area (Å²) < 4.78 is 5.09. The van der Waals surface area contributed by atoms with E-state index in [1.165, 1.54) is 71.4 Å². The predicted molar refractivity (Wildman–Crippen MR) is 360 cm³/mol. The van der Waals surface area contributed by atoms with Gasteiger partial charge in [0.15, 0.2) is 0 Å². The fraction of sp³-hybridized carbons (Fsp3) is 0.574. The second kappa shape index (κ2) is 30.4. The van der Waals surface area contributed by atoms with Gasteiger partial charge in [-0.2, -0.15) is 0 Å². The number of halogens is 1. The standard InChI is InChI=1S/C20H31N5O.C18H27N3O.C16H24N2.C14H20N2O2S.ClH/c1-14-4-6-16(7-5-14)25-12-15-8-20(2,3)17(25)13-24(11-15)19(26)10-23-18(22)9-21;1-13-4-6-15(7-5-13)21-11-14-8-18(2,3)16(21)12-20(10-14)17(22)9-19;1-12-4-6-14(7-5-12)18-11-13-8-16(2,3)15(18)10-17-9-13;1-14(2,3)18-13(17)16-9-12(15)19-10-11-7-5-4-6-8-11;/h4-7,15,17H,8-13,21H2,1-3H3,(H2,22,23);4-7,14,16H,8-12,19H2,1-3H3;4-7,13,15,17H,8-11H2,1-3H3;4-8,15H,9-10H2,1-3H3,(H,16,17);1H/t15-,17?;14-,16?;13-,15?;;/m111../s1. The molecular formula is C68H103ClN12O4S. The van der Waals surface area contributed by atoms with Crippen molar-refractivity contribution >= 4 is 70.0 Å². The summed E-state index contributed by atoms with van der Waals surface area (Å²) >= 11 is 1.40. The first-order valence-corrected chi connectivity index (χ1v) is 31.8. The molecule has 3 unspecified atom stereocenters. The molecule has 9 N–H and O–H groups in total. The summed E-state index contributed by atoms with van der Waals surface area (Å²) in [5.41, 5.74) is 25.9. The van der Waals surface area contributed by atoms with Crippen LogP contribution in [0.25, 0.3) is 0 Å². The smallest absolute Gasteiger partial charge is 0.407 e. The summed E-state index contributed by atoms with van der Waals surface area (Å²) in [5.74, 6) is 2.96. The lowest BCUT2D eigenvalue weighted by atomic mass is 9.73. The highest BCUT2D eigenvalue weighted by Gasteiger charge is 2.48. The second-order valence-corrected chi connectivity index (χ2v) is 28.8. The molecule has 4 aromatic rings. The van der Waals surface area contributed by atoms with Gasteiger partial charge in [-0.1, -0.05) is 125 Å². The molecule has 0 saturated carbocycles. The van der Waals surface area contributed by atoms with Crippen molar-refractivity contribution in [1.82, 2.24) is 20.4 Å². The van der Waals surface area contributed by atoms with Gasteiger partial charge in [-0.3, -0.25) is 20.0 Å². The minimum atomic E-state index is -0.510. The topological polar surface area (TPSA) is 215 Å². The molecule has 472 valence electrons. The van der Waals surface area contributed by atoms with Crippen molar-refractivity contribution in [3.8, 4) is 0 Å². The van der Waals surface area contributed by atoms with Crippen molar-refractivity contribution in [2.45, 2.75) is 132 Å². The third-order valence-corrected chi connectivity index (χ3v) is 18.8. The van der Waals surface area contributed by atoms with Crippen LogP contribution in [-0.2, 0) is 20.1 Å². The van der Waals surface area contributed by atoms with Crippen LogP contribution in [0.2, 0.25) is 0 Å². The highest BCUT2D eigenvalue weighted by atomic mass is 35.5. The lowest BCUT2D eigenvalue weighted by molar-refractivity contribution is -0.130. The second-order valence-electron chi connectivity index (χ2n) is 27.7. The van der Waals surface area contributed by atoms with E-state index in [1.54, 1.807) is 0 Å². The minimum absolute atomic E-state index is 0. The number of ether oxygens (including phenoxy) is 1. The Morgan fingerprint density at radius 3 is 1.50 bits per heavy atom. The zero-order valence-electron chi connectivity index (χ0n) is 53.7. The Labute approximate surface area is 525 Å². The molecule has 9 aliphatic rings. The Kier molecular flexibility index (Phi) is 24.5. The lowest BCUT2D eigenvalue weighted by Crippen LogP contribution is -2.54. The van der Waals surface area contributed by atoms with Crippen LogP contribution >= 0.6 is 24.2 Å². The lowest BCUT2D eigenvalue weighted by Gasteiger charge is -2.48. The normalized spacial score (nSPS) is 23.3. The van der Waals surface area contributed by atoms with Crippen LogP contribution in [0.3, 0.4) is 0 Å². The van der Waals surface area contributed by atoms with Gasteiger partial charge in [0.05, 0.1) is 36.8 Å². The molecule has 16 nitrogen and oxygen atoms in total. The number of carbonyl (C=O) groups is 3. The summed E-state index contributed by atoms with van der Waals surface area (Å²) in [6.07, 6.45) is 3.18. The molecule has 86 heavy (non-hydrogen) atoms. The van der Waals surface area contributed by atoms with E-state index in [0.717, 1.165) is 69.5 Å². The first-order valence-electron chi connectivity index (χ1n) is 30.8. The number of aryl methyl sites for hydroxylation is 3. The number of rotatable bonds is 11. The monoisotopic (exact) mass is 1220 g/mol. The number of amides is 3. The van der Waals surface area contributed by atoms with E-state index in [9.17, 15) is 14.4 Å². The van der Waals surface area contributed by atoms with Crippen molar-refractivity contribution in [3.05, 3.63) is 125 Å². The van der Waals surface area contributed by atoms with Crippen molar-refractivity contribution in [2.75, 3.05) is 99.8 Å². The maximum atomic E-state index is 12.7. The molecule has 9 fully saturated rings. The third-order valence-electron chi connectivity index (χ3n) is 17.8. The Bertz CT molecular complexity index is 2860. The molecule has 9 saturated heterocycles. The van der Waals surface area contributed by atoms with Crippen LogP contribution in [0.5, 0.6) is 0 Å². The van der Waals surface area contributed by atoms with Gasteiger partial charge in [0.1, 0.15) is 18.0 Å². The number of nitrogens with two attached hydrogens (primary N) is 3. The van der Waals surface area contributed by atoms with E-state index in [2.05, 4.69) is 165 Å². The van der Waals surface area contributed by atoms with Gasteiger partial charge in [0.25, 0.3) is 0 Å². The van der Waals surface area contributed by atoms with E-state index in [1.807, 2.05) is 60.9 Å². The van der Waals surface area contributed by atoms with Gasteiger partial charge >= 0.3 is 6.09 Å². The number of amidine groups is 1. The van der Waals surface area contributed by atoms with E-state index in [4.69, 9.17) is 27.3 Å². The molecule has 18 heteroatoms. The minimum Gasteiger partial charge on any atom is -0.444 e. The molecule has 0 aromatic heterocycles. The summed E-state index contributed by atoms with van der Waals surface area (Å²) in [5, 5.41) is 14.4. The van der Waals surface area contributed by atoms with Crippen LogP contribution in [0.1, 0.15) is 104 Å². The highest BCUT2D eigenvalue weighted by molar-refractivity contribution is 8.13. The number of carbonyl (C=O) groups excluding carboxylic acids is 3. The molecule has 6 bridgehead atoms. The molecule has 0 spiro atoms. The summed E-state index contributed by atoms with van der Waals surface area (Å²) in [6, 6.07) is 37.7. The molecule has 9 heterocycles. The number of thioether (sulfide) groups is 1. The molecule has 6 atom stereocenters. The van der Waals surface area contributed by atoms with E-state index in [-0.39, 0.29) is 61.2 Å². The van der Waals surface area contributed by atoms with Gasteiger partial charge in [0, 0.05) is 81.2 Å². The average Bonchev–Trinajstić information content (AvgIpc) is 1.61. The largest absolute Gasteiger partial charge is 0.444 e. The number of anilines is 3. The summed E-state index contributed by atoms with van der Waals surface area (Å²) in [6.45, 7) is 35.3. The predicted octanol–water partition coefficient (Wildman–Crippen LogP) is 10.1. The number of aliphatic imine (C=N–C) groups is 1. The number of hydrogen-bond acceptors (Lipinski definition) is 13. The van der Waals surface area contributed by atoms with Gasteiger partial charge in [-0.05, 0) is 143 Å². The fourth-order valence-corrected chi connectivity index (χ4v) is 14.3. The Hall–Kier alpha value is -5.85. The maximum Gasteiger partial charge on any atom is 0.407 e. The van der Waals surface area contributed by atoms with Crippen LogP contribution < -0.4 is 42.5 Å². The average molecular weight is 1220 g/mol. The van der Waals surface area contributed by atoms with Gasteiger partial charge < -0.3 is 57.1 Å². The number of benzene rings is 4. The molecule has 0 aliphatic carbocycles. The maximum absolute atomic E-state index is 12.7. The van der Waals surface area contributed by atoms with Crippen molar-refractivity contribution in [1.29, 1.82) is 5.41 Å². The van der Waals surface area contributed by atoms with Crippen LogP contribution in [-0.4, -0.2) is 147 Å². The van der Waals surface area contributed by atoms with Crippen molar-refractivity contribution in [2.24, 2.45) is 56.2 Å². The van der Waals surface area contributed by atoms with Crippen molar-refractivity contribution < 1.29 is 19.1 Å². The van der Waals surface area contributed by atoms with Crippen LogP contribution in [0, 0.1) is 60.2 Å². The number of hydrogen-bond donors (Lipinski definition) is 6. The van der Waals surface area contributed by atoms with Crippen LogP contribution in [0.15, 0.2) is 108 Å².